The number of aliphatic imine (C=N–C) groups is 1. The Hall–Kier alpha value is -2.82. The number of carbonyl (C=O) groups is 1. The third-order valence-corrected chi connectivity index (χ3v) is 4.47. The van der Waals surface area contributed by atoms with Gasteiger partial charge < -0.3 is 15.8 Å². The molecule has 1 atom stereocenters. The second-order valence-corrected chi connectivity index (χ2v) is 6.57. The number of rotatable bonds is 7. The molecule has 0 bridgehead atoms. The van der Waals surface area contributed by atoms with Crippen LogP contribution in [0.1, 0.15) is 41.3 Å². The van der Waals surface area contributed by atoms with Crippen molar-refractivity contribution < 1.29 is 9.53 Å². The summed E-state index contributed by atoms with van der Waals surface area (Å²) >= 11 is 0. The minimum absolute atomic E-state index is 0.0892. The van der Waals surface area contributed by atoms with E-state index in [0.29, 0.717) is 12.2 Å². The maximum atomic E-state index is 12.3. The molecule has 5 nitrogen and oxygen atoms in total. The van der Waals surface area contributed by atoms with E-state index in [1.165, 1.54) is 11.1 Å². The Morgan fingerprint density at radius 1 is 1.12 bits per heavy atom. The molecule has 0 saturated heterocycles. The third kappa shape index (κ3) is 4.85. The Kier molecular flexibility index (Phi) is 5.89. The van der Waals surface area contributed by atoms with Gasteiger partial charge in [0.1, 0.15) is 6.61 Å². The fourth-order valence-corrected chi connectivity index (χ4v) is 2.99. The molecule has 136 valence electrons. The van der Waals surface area contributed by atoms with E-state index in [-0.39, 0.29) is 18.0 Å². The molecule has 1 heterocycles. The molecule has 1 unspecified atom stereocenters. The van der Waals surface area contributed by atoms with E-state index in [1.54, 1.807) is 0 Å². The van der Waals surface area contributed by atoms with Gasteiger partial charge in [0.15, 0.2) is 0 Å². The highest BCUT2D eigenvalue weighted by atomic mass is 16.5. The fourth-order valence-electron chi connectivity index (χ4n) is 2.99. The molecule has 0 spiro atoms. The first-order valence-electron chi connectivity index (χ1n) is 9.09. The summed E-state index contributed by atoms with van der Waals surface area (Å²) in [5.74, 6) is -0.0892. The van der Waals surface area contributed by atoms with Crippen LogP contribution in [0, 0.1) is 0 Å². The van der Waals surface area contributed by atoms with Crippen molar-refractivity contribution in [3.63, 3.8) is 0 Å². The second kappa shape index (κ2) is 8.52. The zero-order valence-electron chi connectivity index (χ0n) is 15.1. The van der Waals surface area contributed by atoms with E-state index in [2.05, 4.69) is 17.2 Å². The van der Waals surface area contributed by atoms with Gasteiger partial charge in [0.25, 0.3) is 11.9 Å². The summed E-state index contributed by atoms with van der Waals surface area (Å²) in [6.07, 6.45) is 3.94. The molecule has 1 amide bonds. The predicted octanol–water partition coefficient (Wildman–Crippen LogP) is 3.54. The lowest BCUT2D eigenvalue weighted by atomic mass is 10.1. The molecule has 0 fully saturated rings. The quantitative estimate of drug-likeness (QED) is 0.801. The topological polar surface area (TPSA) is 76.7 Å². The number of nitrogens with one attached hydrogen (secondary N) is 1. The first-order chi connectivity index (χ1) is 12.6. The van der Waals surface area contributed by atoms with E-state index < -0.39 is 0 Å². The van der Waals surface area contributed by atoms with Crippen LogP contribution in [0.2, 0.25) is 0 Å². The molecule has 5 heteroatoms. The van der Waals surface area contributed by atoms with Crippen LogP contribution in [0.4, 0.5) is 5.69 Å². The van der Waals surface area contributed by atoms with Crippen LogP contribution in [-0.2, 0) is 17.6 Å². The molecular weight excluding hydrogens is 326 g/mol. The molecule has 3 N–H and O–H groups in total. The molecule has 3 rings (SSSR count). The number of benzene rings is 2. The summed E-state index contributed by atoms with van der Waals surface area (Å²) in [4.78, 5) is 16.6. The van der Waals surface area contributed by atoms with Gasteiger partial charge in [0, 0.05) is 11.3 Å². The predicted molar refractivity (Wildman–Crippen MR) is 105 cm³/mol. The van der Waals surface area contributed by atoms with Gasteiger partial charge in [-0.3, -0.25) is 4.79 Å². The number of nitrogens with zero attached hydrogens (tertiary/aromatic N) is 1. The Bertz CT molecular complexity index is 767. The average Bonchev–Trinajstić information content (AvgIpc) is 3.07. The molecule has 1 aliphatic heterocycles. The van der Waals surface area contributed by atoms with E-state index >= 15 is 0 Å². The Morgan fingerprint density at radius 3 is 2.38 bits per heavy atom. The summed E-state index contributed by atoms with van der Waals surface area (Å²) < 4.78 is 5.16. The van der Waals surface area contributed by atoms with Crippen molar-refractivity contribution in [1.29, 1.82) is 0 Å². The minimum Gasteiger partial charge on any atom is -0.463 e. The Balaban J connectivity index is 1.52. The number of carbonyl (C=O) groups excluding carboxylic acids is 1. The van der Waals surface area contributed by atoms with E-state index in [9.17, 15) is 4.79 Å². The molecule has 26 heavy (non-hydrogen) atoms. The molecule has 0 radical (unpaired) electrons. The van der Waals surface area contributed by atoms with Crippen molar-refractivity contribution in [3.05, 3.63) is 65.2 Å². The monoisotopic (exact) mass is 351 g/mol. The Labute approximate surface area is 154 Å². The van der Waals surface area contributed by atoms with Crippen molar-refractivity contribution in [2.24, 2.45) is 10.7 Å². The van der Waals surface area contributed by atoms with Gasteiger partial charge in [0.05, 0.1) is 6.04 Å². The number of aryl methyl sites for hydroxylation is 2. The van der Waals surface area contributed by atoms with Gasteiger partial charge in [-0.15, -0.1) is 0 Å². The number of ether oxygens (including phenoxy) is 1. The van der Waals surface area contributed by atoms with Crippen LogP contribution in [0.15, 0.2) is 53.5 Å². The van der Waals surface area contributed by atoms with Crippen LogP contribution in [0.5, 0.6) is 0 Å². The molecule has 1 aliphatic rings. The van der Waals surface area contributed by atoms with Crippen molar-refractivity contribution >= 4 is 17.6 Å². The summed E-state index contributed by atoms with van der Waals surface area (Å²) in [5, 5.41) is 2.94. The molecule has 2 aromatic rings. The van der Waals surface area contributed by atoms with Crippen LogP contribution >= 0.6 is 0 Å². The smallest absolute Gasteiger partial charge is 0.282 e. The SMILES string of the molecule is CCCc1ccc(C(=O)Nc2ccc(CCC3COC(N)=N3)cc2)cc1. The fraction of sp³-hybridized carbons (Fsp3) is 0.333. The van der Waals surface area contributed by atoms with Gasteiger partial charge in [-0.05, 0) is 54.7 Å². The largest absolute Gasteiger partial charge is 0.463 e. The highest BCUT2D eigenvalue weighted by Gasteiger charge is 2.16. The number of hydrogen-bond donors (Lipinski definition) is 2. The number of amidine groups is 1. The number of amides is 1. The number of anilines is 1. The van der Waals surface area contributed by atoms with Crippen molar-refractivity contribution in [2.45, 2.75) is 38.6 Å². The molecular formula is C21H25N3O2. The zero-order valence-corrected chi connectivity index (χ0v) is 15.1. The van der Waals surface area contributed by atoms with Gasteiger partial charge in [0.2, 0.25) is 0 Å². The lowest BCUT2D eigenvalue weighted by Gasteiger charge is -2.08. The summed E-state index contributed by atoms with van der Waals surface area (Å²) in [6.45, 7) is 2.71. The van der Waals surface area contributed by atoms with E-state index in [4.69, 9.17) is 10.5 Å². The minimum atomic E-state index is -0.0892. The number of nitrogens with two attached hydrogens (primary N) is 1. The second-order valence-electron chi connectivity index (χ2n) is 6.57. The molecule has 0 saturated carbocycles. The Morgan fingerprint density at radius 2 is 1.77 bits per heavy atom. The highest BCUT2D eigenvalue weighted by molar-refractivity contribution is 6.04. The maximum Gasteiger partial charge on any atom is 0.282 e. The first kappa shape index (κ1) is 18.0. The van der Waals surface area contributed by atoms with Crippen LogP contribution in [-0.4, -0.2) is 24.6 Å². The lowest BCUT2D eigenvalue weighted by molar-refractivity contribution is 0.102. The van der Waals surface area contributed by atoms with Crippen molar-refractivity contribution in [1.82, 2.24) is 0 Å². The summed E-state index contributed by atoms with van der Waals surface area (Å²) in [5.41, 5.74) is 9.44. The van der Waals surface area contributed by atoms with Gasteiger partial charge in [-0.2, -0.15) is 0 Å². The standard InChI is InChI=1S/C21H25N3O2/c1-2-3-15-4-9-17(10-5-15)20(25)23-18-11-6-16(7-12-18)8-13-19-14-26-21(22)24-19/h4-7,9-12,19H,2-3,8,13-14H2,1H3,(H2,22,24)(H,23,25). The molecule has 2 aromatic carbocycles. The zero-order chi connectivity index (χ0) is 18.4. The normalized spacial score (nSPS) is 16.0. The van der Waals surface area contributed by atoms with Crippen molar-refractivity contribution in [3.8, 4) is 0 Å². The maximum absolute atomic E-state index is 12.3. The van der Waals surface area contributed by atoms with Crippen LogP contribution in [0.25, 0.3) is 0 Å². The summed E-state index contributed by atoms with van der Waals surface area (Å²) in [6, 6.07) is 16.2. The number of hydrogen-bond acceptors (Lipinski definition) is 4. The van der Waals surface area contributed by atoms with E-state index in [0.717, 1.165) is 31.4 Å². The van der Waals surface area contributed by atoms with E-state index in [1.807, 2.05) is 48.5 Å². The van der Waals surface area contributed by atoms with Crippen LogP contribution < -0.4 is 11.1 Å². The van der Waals surface area contributed by atoms with Crippen LogP contribution in [0.3, 0.4) is 0 Å². The van der Waals surface area contributed by atoms with Gasteiger partial charge in [-0.1, -0.05) is 37.6 Å². The third-order valence-electron chi connectivity index (χ3n) is 4.47. The molecule has 0 aromatic heterocycles. The highest BCUT2D eigenvalue weighted by Crippen LogP contribution is 2.16. The van der Waals surface area contributed by atoms with Crippen molar-refractivity contribution in [2.75, 3.05) is 11.9 Å². The molecule has 0 aliphatic carbocycles. The summed E-state index contributed by atoms with van der Waals surface area (Å²) in [7, 11) is 0. The van der Waals surface area contributed by atoms with Gasteiger partial charge >= 0.3 is 0 Å². The average molecular weight is 351 g/mol. The van der Waals surface area contributed by atoms with Gasteiger partial charge in [-0.25, -0.2) is 4.99 Å². The first-order valence-corrected chi connectivity index (χ1v) is 9.09. The lowest BCUT2D eigenvalue weighted by Crippen LogP contribution is -2.12.